The molecule has 0 unspecified atom stereocenters. The second-order valence-corrected chi connectivity index (χ2v) is 8.80. The number of para-hydroxylation sites is 1. The number of sulfonamides is 1. The number of anilines is 1. The number of benzene rings is 2. The highest BCUT2D eigenvalue weighted by molar-refractivity contribution is 7.92. The van der Waals surface area contributed by atoms with E-state index in [1.165, 1.54) is 18.2 Å². The van der Waals surface area contributed by atoms with E-state index in [0.717, 1.165) is 18.9 Å². The van der Waals surface area contributed by atoms with Gasteiger partial charge < -0.3 is 9.73 Å². The average molecular weight is 429 g/mol. The summed E-state index contributed by atoms with van der Waals surface area (Å²) in [5.74, 6) is 0.203. The lowest BCUT2D eigenvalue weighted by Crippen LogP contribution is -2.24. The predicted molar refractivity (Wildman–Crippen MR) is 108 cm³/mol. The van der Waals surface area contributed by atoms with Crippen molar-refractivity contribution < 1.29 is 22.0 Å². The molecule has 1 aliphatic rings. The smallest absolute Gasteiger partial charge is 0.262 e. The van der Waals surface area contributed by atoms with Crippen molar-refractivity contribution in [3.63, 3.8) is 0 Å². The molecular formula is C21H20FN3O4S. The van der Waals surface area contributed by atoms with Gasteiger partial charge in [0.25, 0.3) is 10.0 Å². The summed E-state index contributed by atoms with van der Waals surface area (Å²) in [4.78, 5) is 16.1. The summed E-state index contributed by atoms with van der Waals surface area (Å²) in [6.07, 6.45) is 1.82. The van der Waals surface area contributed by atoms with Gasteiger partial charge >= 0.3 is 0 Å². The molecule has 1 fully saturated rings. The number of aryl methyl sites for hydroxylation is 1. The maximum absolute atomic E-state index is 13.5. The molecule has 0 saturated heterocycles. The third-order valence-corrected chi connectivity index (χ3v) is 6.14. The molecule has 1 saturated carbocycles. The molecule has 2 N–H and O–H groups in total. The van der Waals surface area contributed by atoms with E-state index >= 15 is 0 Å². The number of rotatable bonds is 7. The third-order valence-electron chi connectivity index (χ3n) is 4.78. The first-order valence-corrected chi connectivity index (χ1v) is 10.9. The second kappa shape index (κ2) is 7.91. The Hall–Kier alpha value is -3.20. The summed E-state index contributed by atoms with van der Waals surface area (Å²) in [7, 11) is -4.01. The van der Waals surface area contributed by atoms with Crippen molar-refractivity contribution in [1.29, 1.82) is 0 Å². The minimum atomic E-state index is -4.01. The van der Waals surface area contributed by atoms with Gasteiger partial charge in [0.15, 0.2) is 0 Å². The van der Waals surface area contributed by atoms with Gasteiger partial charge in [-0.05, 0) is 50.1 Å². The lowest BCUT2D eigenvalue weighted by molar-refractivity contribution is -0.122. The van der Waals surface area contributed by atoms with Gasteiger partial charge in [0.05, 0.1) is 22.7 Å². The van der Waals surface area contributed by atoms with Gasteiger partial charge in [-0.15, -0.1) is 0 Å². The van der Waals surface area contributed by atoms with E-state index < -0.39 is 15.8 Å². The van der Waals surface area contributed by atoms with Gasteiger partial charge in [-0.25, -0.2) is 17.8 Å². The Morgan fingerprint density at radius 1 is 1.20 bits per heavy atom. The highest BCUT2D eigenvalue weighted by Gasteiger charge is 2.29. The van der Waals surface area contributed by atoms with E-state index in [2.05, 4.69) is 15.0 Å². The predicted octanol–water partition coefficient (Wildman–Crippen LogP) is 3.62. The Bertz CT molecular complexity index is 1200. The van der Waals surface area contributed by atoms with Gasteiger partial charge in [-0.1, -0.05) is 18.2 Å². The molecule has 3 aromatic rings. The van der Waals surface area contributed by atoms with Crippen molar-refractivity contribution in [1.82, 2.24) is 10.3 Å². The third kappa shape index (κ3) is 4.35. The highest BCUT2D eigenvalue weighted by atomic mass is 32.2. The molecule has 9 heteroatoms. The minimum Gasteiger partial charge on any atom is -0.441 e. The monoisotopic (exact) mass is 429 g/mol. The first-order chi connectivity index (χ1) is 14.3. The van der Waals surface area contributed by atoms with Crippen LogP contribution in [0.4, 0.5) is 10.1 Å². The standard InChI is InChI=1S/C21H20FN3O4S/c1-13-19(12-23-20(26)14-9-10-14)24-21(29-13)17-7-2-3-8-18(17)25-30(27,28)16-6-4-5-15(22)11-16/h2-8,11,14,25H,9-10,12H2,1H3,(H,23,26). The van der Waals surface area contributed by atoms with Crippen LogP contribution in [-0.2, 0) is 21.4 Å². The van der Waals surface area contributed by atoms with Crippen molar-refractivity contribution in [2.45, 2.75) is 31.2 Å². The molecule has 0 atom stereocenters. The Morgan fingerprint density at radius 3 is 2.70 bits per heavy atom. The van der Waals surface area contributed by atoms with E-state index in [4.69, 9.17) is 4.42 Å². The summed E-state index contributed by atoms with van der Waals surface area (Å²) in [6.45, 7) is 1.97. The quantitative estimate of drug-likeness (QED) is 0.597. The summed E-state index contributed by atoms with van der Waals surface area (Å²) in [5, 5.41) is 2.84. The van der Waals surface area contributed by atoms with E-state index in [-0.39, 0.29) is 34.8 Å². The van der Waals surface area contributed by atoms with Crippen LogP contribution in [0, 0.1) is 18.7 Å². The van der Waals surface area contributed by atoms with Gasteiger partial charge in [0.1, 0.15) is 17.3 Å². The fourth-order valence-electron chi connectivity index (χ4n) is 2.96. The molecule has 0 radical (unpaired) electrons. The first-order valence-electron chi connectivity index (χ1n) is 9.45. The van der Waals surface area contributed by atoms with Crippen LogP contribution in [0.3, 0.4) is 0 Å². The van der Waals surface area contributed by atoms with E-state index in [1.54, 1.807) is 31.2 Å². The normalized spacial score (nSPS) is 13.8. The summed E-state index contributed by atoms with van der Waals surface area (Å²) >= 11 is 0. The zero-order valence-corrected chi connectivity index (χ0v) is 17.0. The summed E-state index contributed by atoms with van der Waals surface area (Å²) in [6, 6.07) is 11.4. The molecule has 1 aliphatic carbocycles. The van der Waals surface area contributed by atoms with E-state index in [1.807, 2.05) is 0 Å². The Balaban J connectivity index is 1.59. The van der Waals surface area contributed by atoms with Crippen molar-refractivity contribution >= 4 is 21.6 Å². The average Bonchev–Trinajstić information content (AvgIpc) is 3.50. The molecule has 156 valence electrons. The zero-order valence-electron chi connectivity index (χ0n) is 16.2. The zero-order chi connectivity index (χ0) is 21.3. The van der Waals surface area contributed by atoms with Crippen molar-refractivity contribution in [3.8, 4) is 11.5 Å². The number of hydrogen-bond donors (Lipinski definition) is 2. The van der Waals surface area contributed by atoms with Gasteiger partial charge in [-0.2, -0.15) is 0 Å². The first kappa shape index (κ1) is 20.1. The number of carbonyl (C=O) groups excluding carboxylic acids is 1. The SMILES string of the molecule is Cc1oc(-c2ccccc2NS(=O)(=O)c2cccc(F)c2)nc1CNC(=O)C1CC1. The van der Waals surface area contributed by atoms with Crippen LogP contribution in [0.2, 0.25) is 0 Å². The van der Waals surface area contributed by atoms with Crippen LogP contribution in [-0.4, -0.2) is 19.3 Å². The second-order valence-electron chi connectivity index (χ2n) is 7.12. The molecule has 1 aromatic heterocycles. The molecule has 30 heavy (non-hydrogen) atoms. The number of halogens is 1. The van der Waals surface area contributed by atoms with Gasteiger partial charge in [0.2, 0.25) is 11.8 Å². The number of nitrogens with zero attached hydrogens (tertiary/aromatic N) is 1. The summed E-state index contributed by atoms with van der Waals surface area (Å²) in [5.41, 5.74) is 1.25. The lowest BCUT2D eigenvalue weighted by Gasteiger charge is -2.11. The molecule has 1 amide bonds. The lowest BCUT2D eigenvalue weighted by atomic mass is 10.2. The summed E-state index contributed by atoms with van der Waals surface area (Å²) < 4.78 is 47.0. The van der Waals surface area contributed by atoms with Crippen LogP contribution in [0.25, 0.3) is 11.5 Å². The van der Waals surface area contributed by atoms with Crippen LogP contribution < -0.4 is 10.0 Å². The molecule has 2 aromatic carbocycles. The molecule has 0 aliphatic heterocycles. The number of amides is 1. The number of hydrogen-bond acceptors (Lipinski definition) is 5. The topological polar surface area (TPSA) is 101 Å². The molecule has 0 spiro atoms. The number of nitrogens with one attached hydrogen (secondary N) is 2. The number of aromatic nitrogens is 1. The van der Waals surface area contributed by atoms with E-state index in [0.29, 0.717) is 17.0 Å². The molecule has 4 rings (SSSR count). The van der Waals surface area contributed by atoms with E-state index in [9.17, 15) is 17.6 Å². The van der Waals surface area contributed by atoms with Crippen LogP contribution in [0.5, 0.6) is 0 Å². The van der Waals surface area contributed by atoms with Crippen molar-refractivity contribution in [2.24, 2.45) is 5.92 Å². The Labute approximate surface area is 173 Å². The Morgan fingerprint density at radius 2 is 1.97 bits per heavy atom. The van der Waals surface area contributed by atoms with Crippen molar-refractivity contribution in [2.75, 3.05) is 4.72 Å². The molecular weight excluding hydrogens is 409 g/mol. The highest BCUT2D eigenvalue weighted by Crippen LogP contribution is 2.31. The Kier molecular flexibility index (Phi) is 5.29. The largest absolute Gasteiger partial charge is 0.441 e. The molecule has 1 heterocycles. The minimum absolute atomic E-state index is 0.00204. The maximum atomic E-state index is 13.5. The van der Waals surface area contributed by atoms with Gasteiger partial charge in [-0.3, -0.25) is 9.52 Å². The fraction of sp³-hybridized carbons (Fsp3) is 0.238. The van der Waals surface area contributed by atoms with Gasteiger partial charge in [0, 0.05) is 5.92 Å². The number of oxazole rings is 1. The fourth-order valence-corrected chi connectivity index (χ4v) is 4.08. The van der Waals surface area contributed by atoms with Crippen molar-refractivity contribution in [3.05, 3.63) is 65.8 Å². The van der Waals surface area contributed by atoms with Crippen LogP contribution >= 0.6 is 0 Å². The molecule has 0 bridgehead atoms. The maximum Gasteiger partial charge on any atom is 0.262 e. The molecule has 7 nitrogen and oxygen atoms in total. The van der Waals surface area contributed by atoms with Crippen LogP contribution in [0.15, 0.2) is 57.8 Å². The van der Waals surface area contributed by atoms with Crippen LogP contribution in [0.1, 0.15) is 24.3 Å². The number of carbonyl (C=O) groups is 1.